The number of methoxy groups -OCH3 is 2. The molecule has 0 heterocycles. The topological polar surface area (TPSA) is 18.5 Å². The zero-order chi connectivity index (χ0) is 15.6. The van der Waals surface area contributed by atoms with E-state index in [9.17, 15) is 8.78 Å². The van der Waals surface area contributed by atoms with Crippen LogP contribution in [0.15, 0.2) is 34.8 Å². The first-order valence-electron chi connectivity index (χ1n) is 5.97. The molecule has 21 heavy (non-hydrogen) atoms. The van der Waals surface area contributed by atoms with Gasteiger partial charge in [0, 0.05) is 16.1 Å². The van der Waals surface area contributed by atoms with Crippen molar-refractivity contribution in [1.82, 2.24) is 0 Å². The van der Waals surface area contributed by atoms with Crippen LogP contribution in [-0.4, -0.2) is 14.2 Å². The molecule has 2 nitrogen and oxygen atoms in total. The number of alkyl halides is 1. The molecule has 0 radical (unpaired) electrons. The molecule has 0 N–H and O–H groups in total. The molecule has 0 aromatic heterocycles. The predicted octanol–water partition coefficient (Wildman–Crippen LogP) is 5.07. The molecular formula is C15H12BrClF2O2. The van der Waals surface area contributed by atoms with Crippen LogP contribution in [-0.2, 0) is 0 Å². The third-order valence-electron chi connectivity index (χ3n) is 2.95. The number of halogens is 4. The SMILES string of the molecule is COc1cc(F)c(C(Cl)c2cc(F)cc(Br)c2)cc1OC. The van der Waals surface area contributed by atoms with Crippen molar-refractivity contribution in [2.75, 3.05) is 14.2 Å². The van der Waals surface area contributed by atoms with Crippen LogP contribution in [0, 0.1) is 11.6 Å². The molecule has 0 amide bonds. The van der Waals surface area contributed by atoms with Crippen molar-refractivity contribution in [1.29, 1.82) is 0 Å². The van der Waals surface area contributed by atoms with E-state index >= 15 is 0 Å². The lowest BCUT2D eigenvalue weighted by molar-refractivity contribution is 0.351. The molecule has 0 saturated heterocycles. The van der Waals surface area contributed by atoms with E-state index in [1.54, 1.807) is 6.07 Å². The maximum atomic E-state index is 14.2. The highest BCUT2D eigenvalue weighted by molar-refractivity contribution is 9.10. The minimum atomic E-state index is -0.850. The molecule has 2 rings (SSSR count). The molecule has 2 aromatic carbocycles. The van der Waals surface area contributed by atoms with Crippen molar-refractivity contribution in [3.63, 3.8) is 0 Å². The van der Waals surface area contributed by atoms with Crippen molar-refractivity contribution >= 4 is 27.5 Å². The summed E-state index contributed by atoms with van der Waals surface area (Å²) in [6.45, 7) is 0. The van der Waals surface area contributed by atoms with Gasteiger partial charge in [0.25, 0.3) is 0 Å². The van der Waals surface area contributed by atoms with Crippen LogP contribution in [0.5, 0.6) is 11.5 Å². The lowest BCUT2D eigenvalue weighted by atomic mass is 10.0. The Balaban J connectivity index is 2.49. The van der Waals surface area contributed by atoms with Crippen LogP contribution < -0.4 is 9.47 Å². The first-order chi connectivity index (χ1) is 9.96. The van der Waals surface area contributed by atoms with Gasteiger partial charge >= 0.3 is 0 Å². The molecule has 0 bridgehead atoms. The fourth-order valence-electron chi connectivity index (χ4n) is 1.97. The highest BCUT2D eigenvalue weighted by atomic mass is 79.9. The molecule has 0 fully saturated rings. The van der Waals surface area contributed by atoms with Gasteiger partial charge in [0.05, 0.1) is 19.6 Å². The largest absolute Gasteiger partial charge is 0.493 e. The molecule has 0 aliphatic rings. The number of hydrogen-bond donors (Lipinski definition) is 0. The second-order valence-corrected chi connectivity index (χ2v) is 5.65. The minimum Gasteiger partial charge on any atom is -0.493 e. The highest BCUT2D eigenvalue weighted by Gasteiger charge is 2.20. The van der Waals surface area contributed by atoms with Crippen LogP contribution in [0.1, 0.15) is 16.5 Å². The summed E-state index contributed by atoms with van der Waals surface area (Å²) in [6.07, 6.45) is 0. The second kappa shape index (κ2) is 6.62. The quantitative estimate of drug-likeness (QED) is 0.692. The van der Waals surface area contributed by atoms with E-state index in [1.165, 1.54) is 38.5 Å². The molecule has 6 heteroatoms. The van der Waals surface area contributed by atoms with Crippen LogP contribution in [0.25, 0.3) is 0 Å². The zero-order valence-corrected chi connectivity index (χ0v) is 13.6. The van der Waals surface area contributed by atoms with Gasteiger partial charge in [0.1, 0.15) is 11.6 Å². The van der Waals surface area contributed by atoms with E-state index in [1.807, 2.05) is 0 Å². The molecule has 1 unspecified atom stereocenters. The molecule has 0 saturated carbocycles. The summed E-state index contributed by atoms with van der Waals surface area (Å²) in [5, 5.41) is -0.850. The summed E-state index contributed by atoms with van der Waals surface area (Å²) in [5.41, 5.74) is 0.626. The molecule has 1 atom stereocenters. The summed E-state index contributed by atoms with van der Waals surface area (Å²) in [5.74, 6) is -0.378. The summed E-state index contributed by atoms with van der Waals surface area (Å²) in [6, 6.07) is 6.84. The standard InChI is InChI=1S/C15H12BrClF2O2/c1-20-13-6-11(12(19)7-14(13)21-2)15(17)8-3-9(16)5-10(18)4-8/h3-7,15H,1-2H3. The monoisotopic (exact) mass is 376 g/mol. The summed E-state index contributed by atoms with van der Waals surface area (Å²) in [4.78, 5) is 0. The normalized spacial score (nSPS) is 12.1. The van der Waals surface area contributed by atoms with Crippen LogP contribution in [0.3, 0.4) is 0 Å². The van der Waals surface area contributed by atoms with Gasteiger partial charge < -0.3 is 9.47 Å². The van der Waals surface area contributed by atoms with E-state index in [2.05, 4.69) is 15.9 Å². The molecule has 112 valence electrons. The molecule has 0 aliphatic carbocycles. The van der Waals surface area contributed by atoms with Gasteiger partial charge in [-0.2, -0.15) is 0 Å². The minimum absolute atomic E-state index is 0.187. The van der Waals surface area contributed by atoms with Gasteiger partial charge in [-0.25, -0.2) is 8.78 Å². The Labute approximate surface area is 134 Å². The Bertz CT molecular complexity index is 644. The average Bonchev–Trinajstić information content (AvgIpc) is 2.45. The maximum absolute atomic E-state index is 14.2. The van der Waals surface area contributed by atoms with Crippen molar-refractivity contribution in [2.45, 2.75) is 5.38 Å². The van der Waals surface area contributed by atoms with E-state index in [4.69, 9.17) is 21.1 Å². The van der Waals surface area contributed by atoms with E-state index in [0.29, 0.717) is 15.8 Å². The van der Waals surface area contributed by atoms with Gasteiger partial charge in [-0.05, 0) is 29.8 Å². The smallest absolute Gasteiger partial charge is 0.163 e. The highest BCUT2D eigenvalue weighted by Crippen LogP contribution is 2.38. The molecule has 0 spiro atoms. The van der Waals surface area contributed by atoms with Gasteiger partial charge in [-0.15, -0.1) is 11.6 Å². The van der Waals surface area contributed by atoms with Crippen molar-refractivity contribution < 1.29 is 18.3 Å². The Morgan fingerprint density at radius 3 is 2.19 bits per heavy atom. The predicted molar refractivity (Wildman–Crippen MR) is 81.3 cm³/mol. The first kappa shape index (κ1) is 16.0. The van der Waals surface area contributed by atoms with Gasteiger partial charge in [-0.1, -0.05) is 15.9 Å². The van der Waals surface area contributed by atoms with Crippen LogP contribution in [0.2, 0.25) is 0 Å². The number of benzene rings is 2. The van der Waals surface area contributed by atoms with E-state index in [0.717, 1.165) is 0 Å². The van der Waals surface area contributed by atoms with Crippen molar-refractivity contribution in [3.05, 3.63) is 57.6 Å². The second-order valence-electron chi connectivity index (χ2n) is 4.29. The lowest BCUT2D eigenvalue weighted by Crippen LogP contribution is -2.01. The lowest BCUT2D eigenvalue weighted by Gasteiger charge is -2.15. The van der Waals surface area contributed by atoms with Crippen LogP contribution in [0.4, 0.5) is 8.78 Å². The summed E-state index contributed by atoms with van der Waals surface area (Å²) >= 11 is 9.47. The summed E-state index contributed by atoms with van der Waals surface area (Å²) < 4.78 is 38.3. The van der Waals surface area contributed by atoms with Crippen molar-refractivity contribution in [3.8, 4) is 11.5 Å². The Morgan fingerprint density at radius 2 is 1.62 bits per heavy atom. The number of hydrogen-bond acceptors (Lipinski definition) is 2. The fraction of sp³-hybridized carbons (Fsp3) is 0.200. The van der Waals surface area contributed by atoms with E-state index < -0.39 is 17.0 Å². The van der Waals surface area contributed by atoms with Gasteiger partial charge in [-0.3, -0.25) is 0 Å². The maximum Gasteiger partial charge on any atom is 0.163 e. The summed E-state index contributed by atoms with van der Waals surface area (Å²) in [7, 11) is 2.86. The zero-order valence-electron chi connectivity index (χ0n) is 11.3. The third-order valence-corrected chi connectivity index (χ3v) is 3.90. The van der Waals surface area contributed by atoms with Crippen molar-refractivity contribution in [2.24, 2.45) is 0 Å². The molecule has 0 aliphatic heterocycles. The first-order valence-corrected chi connectivity index (χ1v) is 7.20. The average molecular weight is 378 g/mol. The fourth-order valence-corrected chi connectivity index (χ4v) is 2.74. The van der Waals surface area contributed by atoms with E-state index in [-0.39, 0.29) is 11.3 Å². The number of ether oxygens (including phenoxy) is 2. The third kappa shape index (κ3) is 3.47. The number of rotatable bonds is 4. The Morgan fingerprint density at radius 1 is 1.00 bits per heavy atom. The van der Waals surface area contributed by atoms with Gasteiger partial charge in [0.15, 0.2) is 11.5 Å². The molecule has 2 aromatic rings. The Kier molecular flexibility index (Phi) is 5.06. The van der Waals surface area contributed by atoms with Crippen LogP contribution >= 0.6 is 27.5 Å². The van der Waals surface area contributed by atoms with Gasteiger partial charge in [0.2, 0.25) is 0 Å². The molecular weight excluding hydrogens is 366 g/mol. The Hall–Kier alpha value is -1.33.